The van der Waals surface area contributed by atoms with E-state index in [9.17, 15) is 0 Å². The van der Waals surface area contributed by atoms with Gasteiger partial charge in [-0.2, -0.15) is 0 Å². The van der Waals surface area contributed by atoms with Crippen LogP contribution in [0.4, 0.5) is 0 Å². The molecule has 0 aliphatic rings. The zero-order chi connectivity index (χ0) is 4.50. The summed E-state index contributed by atoms with van der Waals surface area (Å²) in [4.78, 5) is 8.41. The third-order valence-corrected chi connectivity index (χ3v) is 0. The number of hydrogen-bond donors (Lipinski definition) is 1. The standard InChI is InChI=1S/Br3H2OP/c1-5(2,3)4/h4-5H. The molecule has 0 heterocycles. The van der Waals surface area contributed by atoms with Crippen LogP contribution in [0.2, 0.25) is 0 Å². The van der Waals surface area contributed by atoms with E-state index in [0.717, 1.165) is 0 Å². The Morgan fingerprint density at radius 3 is 1.20 bits per heavy atom. The van der Waals surface area contributed by atoms with Gasteiger partial charge in [0.05, 0.1) is 0 Å². The zero-order valence-electron chi connectivity index (χ0n) is 2.08. The van der Waals surface area contributed by atoms with Crippen molar-refractivity contribution in [3.8, 4) is 0 Å². The summed E-state index contributed by atoms with van der Waals surface area (Å²) in [5.74, 6) is 0. The number of hydrogen-bond acceptors (Lipinski definition) is 1. The first-order valence-corrected chi connectivity index (χ1v) is 9.51. The van der Waals surface area contributed by atoms with Crippen molar-refractivity contribution in [1.82, 2.24) is 0 Å². The summed E-state index contributed by atoms with van der Waals surface area (Å²) in [5.41, 5.74) is 0. The summed E-state index contributed by atoms with van der Waals surface area (Å²) in [6.07, 6.45) is 0. The molecule has 0 spiro atoms. The monoisotopic (exact) mass is 286 g/mol. The van der Waals surface area contributed by atoms with Gasteiger partial charge in [0.25, 0.3) is 0 Å². The normalized spacial score (nSPS) is 15.2. The van der Waals surface area contributed by atoms with Gasteiger partial charge in [-0.1, -0.05) is 0 Å². The van der Waals surface area contributed by atoms with E-state index in [2.05, 4.69) is 46.5 Å². The van der Waals surface area contributed by atoms with Gasteiger partial charge in [0.15, 0.2) is 0 Å². The van der Waals surface area contributed by atoms with Crippen molar-refractivity contribution in [2.75, 3.05) is 0 Å². The Bertz CT molecular complexity index is 22.4. The molecule has 0 aromatic carbocycles. The van der Waals surface area contributed by atoms with Crippen LogP contribution in [0.1, 0.15) is 0 Å². The van der Waals surface area contributed by atoms with Gasteiger partial charge in [0.1, 0.15) is 0 Å². The zero-order valence-corrected chi connectivity index (χ0v) is 7.84. The Morgan fingerprint density at radius 2 is 1.20 bits per heavy atom. The van der Waals surface area contributed by atoms with Crippen LogP contribution < -0.4 is 0 Å². The first-order chi connectivity index (χ1) is 2.00. The first kappa shape index (κ1) is 6.83. The summed E-state index contributed by atoms with van der Waals surface area (Å²) in [7, 11) is 0. The Morgan fingerprint density at radius 1 is 1.20 bits per heavy atom. The second-order valence-electron chi connectivity index (χ2n) is 0.468. The third kappa shape index (κ3) is 25.5. The van der Waals surface area contributed by atoms with Crippen molar-refractivity contribution >= 4 is 50.1 Å². The van der Waals surface area contributed by atoms with Gasteiger partial charge in [0.2, 0.25) is 0 Å². The maximum atomic E-state index is 8.41. The molecular formula is H2Br3OP. The van der Waals surface area contributed by atoms with Crippen LogP contribution in [0.25, 0.3) is 0 Å². The molecule has 0 amide bonds. The molecule has 5 heteroatoms. The predicted molar refractivity (Wildman–Crippen MR) is 37.3 cm³/mol. The molecular weight excluding hydrogens is 287 g/mol. The molecule has 1 N–H and O–H groups in total. The van der Waals surface area contributed by atoms with Crippen LogP contribution in [0, 0.1) is 0 Å². The van der Waals surface area contributed by atoms with Crippen LogP contribution in [0.15, 0.2) is 0 Å². The molecule has 0 radical (unpaired) electrons. The molecule has 5 heavy (non-hydrogen) atoms. The second kappa shape index (κ2) is 2.22. The molecule has 0 aliphatic heterocycles. The van der Waals surface area contributed by atoms with Gasteiger partial charge in [-0.25, -0.2) is 0 Å². The number of halogens is 3. The Balaban J connectivity index is 3.02. The van der Waals surface area contributed by atoms with E-state index in [-0.39, 0.29) is 0 Å². The molecule has 0 atom stereocenters. The van der Waals surface area contributed by atoms with Gasteiger partial charge in [-0.3, -0.25) is 0 Å². The van der Waals surface area contributed by atoms with Crippen molar-refractivity contribution in [2.24, 2.45) is 0 Å². The molecule has 34 valence electrons. The molecule has 0 bridgehead atoms. The van der Waals surface area contributed by atoms with Crippen LogP contribution in [-0.4, -0.2) is 4.89 Å². The fourth-order valence-electron chi connectivity index (χ4n) is 0. The van der Waals surface area contributed by atoms with E-state index < -0.39 is 3.60 Å². The van der Waals surface area contributed by atoms with E-state index >= 15 is 0 Å². The molecule has 0 aromatic heterocycles. The Kier molecular flexibility index (Phi) is 3.03. The fraction of sp³-hybridized carbons (Fsp3) is 0. The van der Waals surface area contributed by atoms with E-state index in [4.69, 9.17) is 4.89 Å². The maximum absolute atomic E-state index is 8.41. The van der Waals surface area contributed by atoms with Crippen LogP contribution in [-0.2, 0) is 0 Å². The summed E-state index contributed by atoms with van der Waals surface area (Å²) in [6, 6.07) is 0. The minimum atomic E-state index is -2.17. The topological polar surface area (TPSA) is 20.2 Å². The van der Waals surface area contributed by atoms with Crippen molar-refractivity contribution in [3.63, 3.8) is 0 Å². The third-order valence-electron chi connectivity index (χ3n) is 0. The van der Waals surface area contributed by atoms with Crippen molar-refractivity contribution in [2.45, 2.75) is 0 Å². The van der Waals surface area contributed by atoms with Crippen LogP contribution in [0.3, 0.4) is 0 Å². The van der Waals surface area contributed by atoms with Gasteiger partial charge < -0.3 is 0 Å². The fourth-order valence-corrected chi connectivity index (χ4v) is 0. The molecule has 0 aromatic rings. The van der Waals surface area contributed by atoms with Gasteiger partial charge in [0, 0.05) is 0 Å². The first-order valence-electron chi connectivity index (χ1n) is 0.791. The number of rotatable bonds is 0. The summed E-state index contributed by atoms with van der Waals surface area (Å²) < 4.78 is -2.17. The summed E-state index contributed by atoms with van der Waals surface area (Å²) in [5, 5.41) is 0. The molecule has 0 saturated heterocycles. The van der Waals surface area contributed by atoms with Crippen molar-refractivity contribution in [3.05, 3.63) is 0 Å². The SMILES string of the molecule is O[PH](Br)(Br)Br. The van der Waals surface area contributed by atoms with E-state index in [0.29, 0.717) is 0 Å². The minimum absolute atomic E-state index is 2.17. The molecule has 0 fully saturated rings. The molecule has 0 rings (SSSR count). The molecule has 0 unspecified atom stereocenters. The van der Waals surface area contributed by atoms with Gasteiger partial charge in [-0.05, 0) is 0 Å². The average molecular weight is 289 g/mol. The quantitative estimate of drug-likeness (QED) is 0.679. The molecule has 0 saturated carbocycles. The average Bonchev–Trinajstić information content (AvgIpc) is 0.722. The van der Waals surface area contributed by atoms with Crippen LogP contribution >= 0.6 is 50.1 Å². The summed E-state index contributed by atoms with van der Waals surface area (Å²) >= 11 is 8.71. The van der Waals surface area contributed by atoms with Gasteiger partial charge in [-0.15, -0.1) is 0 Å². The van der Waals surface area contributed by atoms with E-state index in [1.54, 1.807) is 0 Å². The second-order valence-corrected chi connectivity index (χ2v) is 21.3. The summed E-state index contributed by atoms with van der Waals surface area (Å²) in [6.45, 7) is 0. The van der Waals surface area contributed by atoms with Gasteiger partial charge >= 0.3 is 55.0 Å². The van der Waals surface area contributed by atoms with Crippen molar-refractivity contribution < 1.29 is 4.89 Å². The van der Waals surface area contributed by atoms with E-state index in [1.807, 2.05) is 0 Å². The Hall–Kier alpha value is 1.83. The van der Waals surface area contributed by atoms with Crippen LogP contribution in [0.5, 0.6) is 0 Å². The molecule has 0 aliphatic carbocycles. The Labute approximate surface area is 54.8 Å². The van der Waals surface area contributed by atoms with Crippen molar-refractivity contribution in [1.29, 1.82) is 0 Å². The molecule has 1 nitrogen and oxygen atoms in total. The predicted octanol–water partition coefficient (Wildman–Crippen LogP) is 2.57. The van der Waals surface area contributed by atoms with E-state index in [1.165, 1.54) is 0 Å².